The molecule has 1 N–H and O–H groups in total. The van der Waals surface area contributed by atoms with E-state index in [-0.39, 0.29) is 5.60 Å². The number of ether oxygens (including phenoxy) is 1. The average molecular weight is 326 g/mol. The lowest BCUT2D eigenvalue weighted by Gasteiger charge is -2.42. The van der Waals surface area contributed by atoms with E-state index in [0.717, 1.165) is 39.1 Å². The van der Waals surface area contributed by atoms with E-state index in [0.29, 0.717) is 0 Å². The molecule has 4 rings (SSSR count). The van der Waals surface area contributed by atoms with Gasteiger partial charge in [0.2, 0.25) is 0 Å². The highest BCUT2D eigenvalue weighted by atomic mass is 16.5. The number of para-hydroxylation sites is 1. The molecular formula is C21H30N2O. The zero-order valence-electron chi connectivity index (χ0n) is 14.9. The summed E-state index contributed by atoms with van der Waals surface area (Å²) in [6, 6.07) is 8.94. The molecule has 1 unspecified atom stereocenters. The van der Waals surface area contributed by atoms with Gasteiger partial charge in [-0.3, -0.25) is 0 Å². The Morgan fingerprint density at radius 1 is 1.21 bits per heavy atom. The van der Waals surface area contributed by atoms with Crippen LogP contribution in [0.3, 0.4) is 0 Å². The Morgan fingerprint density at radius 2 is 2.08 bits per heavy atom. The summed E-state index contributed by atoms with van der Waals surface area (Å²) in [5, 5.41) is 5.05. The predicted octanol–water partition coefficient (Wildman–Crippen LogP) is 4.37. The molecule has 3 heterocycles. The van der Waals surface area contributed by atoms with E-state index < -0.39 is 0 Å². The highest BCUT2D eigenvalue weighted by Crippen LogP contribution is 2.47. The number of nitrogens with zero attached hydrogens (tertiary/aromatic N) is 1. The first-order valence-corrected chi connectivity index (χ1v) is 9.81. The van der Waals surface area contributed by atoms with Crippen LogP contribution in [-0.4, -0.2) is 24.3 Å². The van der Waals surface area contributed by atoms with Gasteiger partial charge in [0.05, 0.1) is 12.3 Å². The summed E-state index contributed by atoms with van der Waals surface area (Å²) < 4.78 is 9.05. The molecule has 130 valence electrons. The molecule has 3 nitrogen and oxygen atoms in total. The molecule has 1 aromatic heterocycles. The summed E-state index contributed by atoms with van der Waals surface area (Å²) in [5.74, 6) is 0. The quantitative estimate of drug-likeness (QED) is 0.765. The largest absolute Gasteiger partial charge is 0.368 e. The van der Waals surface area contributed by atoms with E-state index in [1.807, 2.05) is 0 Å². The fourth-order valence-electron chi connectivity index (χ4n) is 4.75. The number of hydrogen-bond donors (Lipinski definition) is 1. The van der Waals surface area contributed by atoms with Crippen molar-refractivity contribution in [2.75, 3.05) is 19.7 Å². The van der Waals surface area contributed by atoms with E-state index in [4.69, 9.17) is 4.74 Å². The number of nitrogens with one attached hydrogen (secondary N) is 1. The van der Waals surface area contributed by atoms with E-state index in [1.165, 1.54) is 48.7 Å². The van der Waals surface area contributed by atoms with Crippen molar-refractivity contribution in [3.8, 4) is 0 Å². The maximum atomic E-state index is 6.48. The maximum Gasteiger partial charge on any atom is 0.108 e. The predicted molar refractivity (Wildman–Crippen MR) is 99.5 cm³/mol. The second kappa shape index (κ2) is 6.89. The lowest BCUT2D eigenvalue weighted by atomic mass is 9.81. The SMILES string of the molecule is CCCCNCCCC12CCCn3c1c(c1ccccc13)CCO2. The minimum atomic E-state index is -0.0305. The van der Waals surface area contributed by atoms with E-state index >= 15 is 0 Å². The summed E-state index contributed by atoms with van der Waals surface area (Å²) >= 11 is 0. The molecule has 2 aromatic rings. The molecule has 2 aliphatic rings. The number of benzene rings is 1. The molecule has 2 aliphatic heterocycles. The number of aryl methyl sites for hydroxylation is 1. The highest BCUT2D eigenvalue weighted by molar-refractivity contribution is 5.86. The first kappa shape index (κ1) is 16.2. The lowest BCUT2D eigenvalue weighted by Crippen LogP contribution is -2.41. The zero-order valence-corrected chi connectivity index (χ0v) is 14.9. The Hall–Kier alpha value is -1.32. The smallest absolute Gasteiger partial charge is 0.108 e. The summed E-state index contributed by atoms with van der Waals surface area (Å²) in [4.78, 5) is 0. The molecule has 0 amide bonds. The van der Waals surface area contributed by atoms with Gasteiger partial charge >= 0.3 is 0 Å². The van der Waals surface area contributed by atoms with Crippen molar-refractivity contribution in [2.24, 2.45) is 0 Å². The molecule has 0 aliphatic carbocycles. The monoisotopic (exact) mass is 326 g/mol. The van der Waals surface area contributed by atoms with Crippen LogP contribution in [0.1, 0.15) is 56.7 Å². The third-order valence-electron chi connectivity index (χ3n) is 5.84. The zero-order chi connectivity index (χ0) is 16.4. The van der Waals surface area contributed by atoms with Gasteiger partial charge < -0.3 is 14.6 Å². The van der Waals surface area contributed by atoms with Gasteiger partial charge in [-0.2, -0.15) is 0 Å². The molecule has 0 fully saturated rings. The fraction of sp³-hybridized carbons (Fsp3) is 0.619. The van der Waals surface area contributed by atoms with Crippen LogP contribution < -0.4 is 5.32 Å². The van der Waals surface area contributed by atoms with E-state index in [2.05, 4.69) is 41.1 Å². The Bertz CT molecular complexity index is 656. The Kier molecular flexibility index (Phi) is 4.64. The second-order valence-electron chi connectivity index (χ2n) is 7.40. The third kappa shape index (κ3) is 2.68. The lowest BCUT2D eigenvalue weighted by molar-refractivity contribution is -0.0875. The number of unbranched alkanes of at least 4 members (excludes halogenated alkanes) is 1. The van der Waals surface area contributed by atoms with Gasteiger partial charge in [0.25, 0.3) is 0 Å². The van der Waals surface area contributed by atoms with Gasteiger partial charge in [0, 0.05) is 17.4 Å². The highest BCUT2D eigenvalue weighted by Gasteiger charge is 2.43. The molecule has 0 spiro atoms. The Labute approximate surface area is 145 Å². The summed E-state index contributed by atoms with van der Waals surface area (Å²) in [6.07, 6.45) is 8.38. The topological polar surface area (TPSA) is 26.2 Å². The van der Waals surface area contributed by atoms with Crippen LogP contribution in [0, 0.1) is 0 Å². The van der Waals surface area contributed by atoms with Crippen molar-refractivity contribution in [2.45, 2.75) is 64.0 Å². The molecule has 0 radical (unpaired) electrons. The molecule has 0 saturated heterocycles. The van der Waals surface area contributed by atoms with Crippen LogP contribution in [0.2, 0.25) is 0 Å². The van der Waals surface area contributed by atoms with Crippen LogP contribution in [0.25, 0.3) is 10.9 Å². The van der Waals surface area contributed by atoms with Crippen molar-refractivity contribution in [3.63, 3.8) is 0 Å². The van der Waals surface area contributed by atoms with Crippen molar-refractivity contribution in [1.82, 2.24) is 9.88 Å². The maximum absolute atomic E-state index is 6.48. The average Bonchev–Trinajstić information content (AvgIpc) is 2.95. The fourth-order valence-corrected chi connectivity index (χ4v) is 4.75. The van der Waals surface area contributed by atoms with Gasteiger partial charge in [-0.05, 0) is 63.2 Å². The minimum absolute atomic E-state index is 0.0305. The molecule has 0 bridgehead atoms. The number of fused-ring (bicyclic) bond motifs is 3. The van der Waals surface area contributed by atoms with Crippen molar-refractivity contribution < 1.29 is 4.74 Å². The first-order chi connectivity index (χ1) is 11.9. The summed E-state index contributed by atoms with van der Waals surface area (Å²) in [6.45, 7) is 6.54. The number of hydrogen-bond acceptors (Lipinski definition) is 2. The molecule has 1 atom stereocenters. The van der Waals surface area contributed by atoms with Crippen molar-refractivity contribution in [1.29, 1.82) is 0 Å². The molecule has 1 aromatic carbocycles. The molecule has 24 heavy (non-hydrogen) atoms. The van der Waals surface area contributed by atoms with E-state index in [9.17, 15) is 0 Å². The van der Waals surface area contributed by atoms with Gasteiger partial charge in [-0.15, -0.1) is 0 Å². The van der Waals surface area contributed by atoms with Crippen LogP contribution >= 0.6 is 0 Å². The van der Waals surface area contributed by atoms with Crippen LogP contribution in [0.5, 0.6) is 0 Å². The normalized spacial score (nSPS) is 22.7. The Morgan fingerprint density at radius 3 is 3.00 bits per heavy atom. The standard InChI is InChI=1S/C21H30N2O/c1-2-3-13-22-14-6-11-21-12-7-15-23-19-9-5-4-8-17(19)18(20(21)23)10-16-24-21/h4-5,8-9,22H,2-3,6-7,10-16H2,1H3. The second-order valence-corrected chi connectivity index (χ2v) is 7.40. The third-order valence-corrected chi connectivity index (χ3v) is 5.84. The van der Waals surface area contributed by atoms with Crippen LogP contribution in [0.15, 0.2) is 24.3 Å². The van der Waals surface area contributed by atoms with Crippen LogP contribution in [0.4, 0.5) is 0 Å². The molecule has 0 saturated carbocycles. The summed E-state index contributed by atoms with van der Waals surface area (Å²) in [7, 11) is 0. The molecule has 3 heteroatoms. The van der Waals surface area contributed by atoms with Crippen molar-refractivity contribution in [3.05, 3.63) is 35.5 Å². The van der Waals surface area contributed by atoms with Gasteiger partial charge in [-0.25, -0.2) is 0 Å². The number of aromatic nitrogens is 1. The van der Waals surface area contributed by atoms with Gasteiger partial charge in [0.1, 0.15) is 5.60 Å². The minimum Gasteiger partial charge on any atom is -0.368 e. The van der Waals surface area contributed by atoms with Gasteiger partial charge in [0.15, 0.2) is 0 Å². The van der Waals surface area contributed by atoms with E-state index in [1.54, 1.807) is 5.56 Å². The summed E-state index contributed by atoms with van der Waals surface area (Å²) in [5.41, 5.74) is 4.46. The van der Waals surface area contributed by atoms with Gasteiger partial charge in [-0.1, -0.05) is 31.5 Å². The Balaban J connectivity index is 1.59. The first-order valence-electron chi connectivity index (χ1n) is 9.81. The number of rotatable bonds is 7. The molecular weight excluding hydrogens is 296 g/mol. The van der Waals surface area contributed by atoms with Crippen LogP contribution in [-0.2, 0) is 23.3 Å². The van der Waals surface area contributed by atoms with Crippen molar-refractivity contribution >= 4 is 10.9 Å².